The Bertz CT molecular complexity index is 835. The Kier molecular flexibility index (Phi) is 4.63. The summed E-state index contributed by atoms with van der Waals surface area (Å²) in [5.41, 5.74) is 3.24. The summed E-state index contributed by atoms with van der Waals surface area (Å²) in [5, 5.41) is 4.41. The summed E-state index contributed by atoms with van der Waals surface area (Å²) < 4.78 is 0. The molecule has 0 radical (unpaired) electrons. The van der Waals surface area contributed by atoms with Crippen molar-refractivity contribution in [3.8, 4) is 11.3 Å². The summed E-state index contributed by atoms with van der Waals surface area (Å²) in [6, 6.07) is 8.41. The zero-order valence-electron chi connectivity index (χ0n) is 14.6. The maximum absolute atomic E-state index is 4.68. The Balaban J connectivity index is 1.61. The lowest BCUT2D eigenvalue weighted by molar-refractivity contribution is 0.259. The SMILES string of the molecule is CNCCN1CCN(c2nccnc2-c2cccc3[nH]ccc23)CC1. The first-order chi connectivity index (χ1) is 12.4. The molecule has 1 aromatic carbocycles. The van der Waals surface area contributed by atoms with E-state index in [1.165, 1.54) is 5.39 Å². The molecule has 1 aliphatic rings. The molecule has 1 fully saturated rings. The van der Waals surface area contributed by atoms with E-state index in [1.807, 2.05) is 13.2 Å². The average molecular weight is 336 g/mol. The minimum atomic E-state index is 0.969. The molecular formula is C19H24N6. The molecule has 6 nitrogen and oxygen atoms in total. The monoisotopic (exact) mass is 336 g/mol. The zero-order valence-corrected chi connectivity index (χ0v) is 14.6. The molecule has 3 heterocycles. The Labute approximate surface area is 147 Å². The maximum Gasteiger partial charge on any atom is 0.155 e. The van der Waals surface area contributed by atoms with Gasteiger partial charge in [0.15, 0.2) is 5.82 Å². The second-order valence-electron chi connectivity index (χ2n) is 6.41. The van der Waals surface area contributed by atoms with E-state index in [0.717, 1.165) is 61.9 Å². The molecule has 0 aliphatic carbocycles. The van der Waals surface area contributed by atoms with E-state index in [9.17, 15) is 0 Å². The highest BCUT2D eigenvalue weighted by Crippen LogP contribution is 2.32. The number of aromatic amines is 1. The predicted molar refractivity (Wildman–Crippen MR) is 102 cm³/mol. The lowest BCUT2D eigenvalue weighted by Crippen LogP contribution is -2.48. The zero-order chi connectivity index (χ0) is 17.1. The van der Waals surface area contributed by atoms with Gasteiger partial charge >= 0.3 is 0 Å². The van der Waals surface area contributed by atoms with E-state index in [4.69, 9.17) is 0 Å². The summed E-state index contributed by atoms with van der Waals surface area (Å²) in [6.07, 6.45) is 5.56. The number of hydrogen-bond donors (Lipinski definition) is 2. The van der Waals surface area contributed by atoms with Crippen LogP contribution in [0.3, 0.4) is 0 Å². The largest absolute Gasteiger partial charge is 0.361 e. The molecule has 1 aliphatic heterocycles. The lowest BCUT2D eigenvalue weighted by Gasteiger charge is -2.35. The van der Waals surface area contributed by atoms with Crippen LogP contribution in [-0.4, -0.2) is 66.2 Å². The van der Waals surface area contributed by atoms with E-state index >= 15 is 0 Å². The van der Waals surface area contributed by atoms with Gasteiger partial charge in [-0.2, -0.15) is 0 Å². The van der Waals surface area contributed by atoms with Crippen molar-refractivity contribution in [2.24, 2.45) is 0 Å². The molecule has 6 heteroatoms. The number of anilines is 1. The van der Waals surface area contributed by atoms with Crippen molar-refractivity contribution in [1.29, 1.82) is 0 Å². The highest BCUT2D eigenvalue weighted by molar-refractivity contribution is 5.96. The van der Waals surface area contributed by atoms with Gasteiger partial charge in [-0.05, 0) is 19.2 Å². The van der Waals surface area contributed by atoms with Crippen molar-refractivity contribution in [1.82, 2.24) is 25.2 Å². The number of fused-ring (bicyclic) bond motifs is 1. The topological polar surface area (TPSA) is 60.1 Å². The molecule has 130 valence electrons. The normalized spacial score (nSPS) is 15.8. The molecular weight excluding hydrogens is 312 g/mol. The molecule has 0 spiro atoms. The number of likely N-dealkylation sites (N-methyl/N-ethyl adjacent to an activating group) is 1. The van der Waals surface area contributed by atoms with Crippen LogP contribution in [0.25, 0.3) is 22.2 Å². The third-order valence-corrected chi connectivity index (χ3v) is 4.88. The van der Waals surface area contributed by atoms with Gasteiger partial charge in [-0.1, -0.05) is 12.1 Å². The van der Waals surface area contributed by atoms with Crippen LogP contribution in [-0.2, 0) is 0 Å². The fourth-order valence-corrected chi connectivity index (χ4v) is 3.50. The Morgan fingerprint density at radius 2 is 1.92 bits per heavy atom. The van der Waals surface area contributed by atoms with Gasteiger partial charge < -0.3 is 15.2 Å². The predicted octanol–water partition coefficient (Wildman–Crippen LogP) is 1.97. The van der Waals surface area contributed by atoms with Gasteiger partial charge in [-0.15, -0.1) is 0 Å². The Morgan fingerprint density at radius 3 is 2.76 bits per heavy atom. The summed E-state index contributed by atoms with van der Waals surface area (Å²) in [5.74, 6) is 0.990. The van der Waals surface area contributed by atoms with Gasteiger partial charge in [0.2, 0.25) is 0 Å². The van der Waals surface area contributed by atoms with Gasteiger partial charge in [0.05, 0.1) is 0 Å². The standard InChI is InChI=1S/C19H24N6/c1-20-9-10-24-11-13-25(14-12-24)19-18(22-7-8-23-19)16-3-2-4-17-15(16)5-6-21-17/h2-8,20-21H,9-14H2,1H3. The summed E-state index contributed by atoms with van der Waals surface area (Å²) in [7, 11) is 2.00. The Hall–Kier alpha value is -2.44. The van der Waals surface area contributed by atoms with Crippen LogP contribution in [0.1, 0.15) is 0 Å². The van der Waals surface area contributed by atoms with Crippen LogP contribution in [0.2, 0.25) is 0 Å². The van der Waals surface area contributed by atoms with Crippen molar-refractivity contribution in [2.75, 3.05) is 51.2 Å². The number of nitrogens with one attached hydrogen (secondary N) is 2. The third-order valence-electron chi connectivity index (χ3n) is 4.88. The molecule has 3 aromatic rings. The minimum Gasteiger partial charge on any atom is -0.361 e. The molecule has 25 heavy (non-hydrogen) atoms. The molecule has 2 N–H and O–H groups in total. The summed E-state index contributed by atoms with van der Waals surface area (Å²) in [6.45, 7) is 6.22. The van der Waals surface area contributed by atoms with Gasteiger partial charge in [0.25, 0.3) is 0 Å². The van der Waals surface area contributed by atoms with E-state index in [2.05, 4.69) is 54.3 Å². The van der Waals surface area contributed by atoms with Crippen LogP contribution >= 0.6 is 0 Å². The van der Waals surface area contributed by atoms with Gasteiger partial charge in [-0.3, -0.25) is 9.88 Å². The van der Waals surface area contributed by atoms with Gasteiger partial charge in [0, 0.05) is 74.3 Å². The number of hydrogen-bond acceptors (Lipinski definition) is 5. The average Bonchev–Trinajstić information content (AvgIpc) is 3.16. The first kappa shape index (κ1) is 16.1. The van der Waals surface area contributed by atoms with Crippen molar-refractivity contribution in [3.05, 3.63) is 42.9 Å². The van der Waals surface area contributed by atoms with E-state index < -0.39 is 0 Å². The number of aromatic nitrogens is 3. The number of nitrogens with zero attached hydrogens (tertiary/aromatic N) is 4. The maximum atomic E-state index is 4.68. The molecule has 0 unspecified atom stereocenters. The van der Waals surface area contributed by atoms with Crippen LogP contribution in [0.4, 0.5) is 5.82 Å². The first-order valence-electron chi connectivity index (χ1n) is 8.86. The number of H-pyrrole nitrogens is 1. The number of rotatable bonds is 5. The fourth-order valence-electron chi connectivity index (χ4n) is 3.50. The minimum absolute atomic E-state index is 0.969. The molecule has 0 amide bonds. The Morgan fingerprint density at radius 1 is 1.08 bits per heavy atom. The quantitative estimate of drug-likeness (QED) is 0.746. The van der Waals surface area contributed by atoms with Crippen molar-refractivity contribution < 1.29 is 0 Å². The lowest BCUT2D eigenvalue weighted by atomic mass is 10.1. The van der Waals surface area contributed by atoms with E-state index in [1.54, 1.807) is 12.4 Å². The number of piperazine rings is 1. The molecule has 1 saturated heterocycles. The molecule has 0 saturated carbocycles. The smallest absolute Gasteiger partial charge is 0.155 e. The molecule has 0 atom stereocenters. The highest BCUT2D eigenvalue weighted by Gasteiger charge is 2.21. The van der Waals surface area contributed by atoms with Crippen LogP contribution in [0.15, 0.2) is 42.9 Å². The van der Waals surface area contributed by atoms with E-state index in [-0.39, 0.29) is 0 Å². The van der Waals surface area contributed by atoms with Crippen molar-refractivity contribution in [2.45, 2.75) is 0 Å². The second-order valence-corrected chi connectivity index (χ2v) is 6.41. The van der Waals surface area contributed by atoms with Crippen LogP contribution in [0, 0.1) is 0 Å². The van der Waals surface area contributed by atoms with Gasteiger partial charge in [-0.25, -0.2) is 4.98 Å². The van der Waals surface area contributed by atoms with Crippen molar-refractivity contribution in [3.63, 3.8) is 0 Å². The molecule has 4 rings (SSSR count). The molecule has 0 bridgehead atoms. The summed E-state index contributed by atoms with van der Waals surface area (Å²) >= 11 is 0. The summed E-state index contributed by atoms with van der Waals surface area (Å²) in [4.78, 5) is 17.5. The second kappa shape index (κ2) is 7.21. The third kappa shape index (κ3) is 3.23. The van der Waals surface area contributed by atoms with Gasteiger partial charge in [0.1, 0.15) is 5.69 Å². The van der Waals surface area contributed by atoms with Crippen molar-refractivity contribution >= 4 is 16.7 Å². The highest BCUT2D eigenvalue weighted by atomic mass is 15.3. The molecule has 2 aromatic heterocycles. The van der Waals surface area contributed by atoms with Crippen LogP contribution in [0.5, 0.6) is 0 Å². The first-order valence-corrected chi connectivity index (χ1v) is 8.86. The van der Waals surface area contributed by atoms with Crippen LogP contribution < -0.4 is 10.2 Å². The number of benzene rings is 1. The fraction of sp³-hybridized carbons (Fsp3) is 0.368. The van der Waals surface area contributed by atoms with E-state index in [0.29, 0.717) is 0 Å².